The van der Waals surface area contributed by atoms with E-state index >= 15 is 0 Å². The Kier molecular flexibility index (Phi) is 5.19. The molecular formula is C9H16Cl2O. The molecule has 0 fully saturated rings. The average molecular weight is 211 g/mol. The summed E-state index contributed by atoms with van der Waals surface area (Å²) in [5, 5.41) is -0.248. The van der Waals surface area contributed by atoms with E-state index < -0.39 is 5.41 Å². The zero-order valence-electron chi connectivity index (χ0n) is 7.86. The highest BCUT2D eigenvalue weighted by molar-refractivity contribution is 6.64. The molecule has 0 aromatic carbocycles. The van der Waals surface area contributed by atoms with Gasteiger partial charge in [-0.25, -0.2) is 0 Å². The number of hydrogen-bond donors (Lipinski definition) is 0. The Morgan fingerprint density at radius 3 is 2.25 bits per heavy atom. The van der Waals surface area contributed by atoms with Gasteiger partial charge in [0.1, 0.15) is 0 Å². The van der Waals surface area contributed by atoms with Crippen LogP contribution in [0.3, 0.4) is 0 Å². The lowest BCUT2D eigenvalue weighted by Gasteiger charge is -2.29. The van der Waals surface area contributed by atoms with Gasteiger partial charge in [0, 0.05) is 11.3 Å². The molecule has 0 aromatic heterocycles. The van der Waals surface area contributed by atoms with Crippen LogP contribution in [0.4, 0.5) is 0 Å². The number of alkyl halides is 1. The van der Waals surface area contributed by atoms with Gasteiger partial charge in [0.15, 0.2) is 0 Å². The highest BCUT2D eigenvalue weighted by Gasteiger charge is 2.34. The number of hydrogen-bond acceptors (Lipinski definition) is 1. The third-order valence-corrected chi connectivity index (χ3v) is 3.25. The molecule has 72 valence electrons. The molecule has 0 aliphatic rings. The first-order valence-corrected chi connectivity index (χ1v) is 5.12. The SMILES string of the molecule is CC(C)C(C)(CCCCl)C(=O)Cl. The Morgan fingerprint density at radius 2 is 2.00 bits per heavy atom. The van der Waals surface area contributed by atoms with Gasteiger partial charge < -0.3 is 0 Å². The molecule has 0 rings (SSSR count). The fraction of sp³-hybridized carbons (Fsp3) is 0.889. The highest BCUT2D eigenvalue weighted by atomic mass is 35.5. The molecule has 0 aliphatic carbocycles. The minimum absolute atomic E-state index is 0.248. The Hall–Kier alpha value is 0.250. The lowest BCUT2D eigenvalue weighted by molar-refractivity contribution is -0.122. The monoisotopic (exact) mass is 210 g/mol. The minimum atomic E-state index is -0.406. The second kappa shape index (κ2) is 5.08. The average Bonchev–Trinajstić information content (AvgIpc) is 1.99. The molecule has 0 saturated carbocycles. The van der Waals surface area contributed by atoms with Gasteiger partial charge in [-0.3, -0.25) is 4.79 Å². The Labute approximate surface area is 84.4 Å². The van der Waals surface area contributed by atoms with E-state index in [1.807, 2.05) is 20.8 Å². The first-order chi connectivity index (χ1) is 5.45. The molecular weight excluding hydrogens is 195 g/mol. The van der Waals surface area contributed by atoms with Crippen molar-refractivity contribution in [2.24, 2.45) is 11.3 Å². The summed E-state index contributed by atoms with van der Waals surface area (Å²) in [6, 6.07) is 0. The van der Waals surface area contributed by atoms with Crippen molar-refractivity contribution in [3.05, 3.63) is 0 Å². The number of carbonyl (C=O) groups is 1. The van der Waals surface area contributed by atoms with Gasteiger partial charge in [-0.2, -0.15) is 0 Å². The molecule has 0 aromatic rings. The van der Waals surface area contributed by atoms with Crippen molar-refractivity contribution in [2.75, 3.05) is 5.88 Å². The van der Waals surface area contributed by atoms with Crippen LogP contribution in [0, 0.1) is 11.3 Å². The molecule has 0 heterocycles. The molecule has 0 saturated heterocycles. The van der Waals surface area contributed by atoms with Crippen molar-refractivity contribution in [2.45, 2.75) is 33.6 Å². The van der Waals surface area contributed by atoms with Crippen molar-refractivity contribution in [3.63, 3.8) is 0 Å². The van der Waals surface area contributed by atoms with E-state index in [1.54, 1.807) is 0 Å². The molecule has 1 atom stereocenters. The van der Waals surface area contributed by atoms with Crippen LogP contribution in [0.15, 0.2) is 0 Å². The van der Waals surface area contributed by atoms with E-state index in [0.29, 0.717) is 5.88 Å². The van der Waals surface area contributed by atoms with E-state index in [9.17, 15) is 4.79 Å². The molecule has 3 heteroatoms. The van der Waals surface area contributed by atoms with Crippen LogP contribution in [0.25, 0.3) is 0 Å². The summed E-state index contributed by atoms with van der Waals surface area (Å²) in [5.74, 6) is 0.859. The van der Waals surface area contributed by atoms with E-state index in [4.69, 9.17) is 23.2 Å². The minimum Gasteiger partial charge on any atom is -0.281 e. The van der Waals surface area contributed by atoms with Gasteiger partial charge >= 0.3 is 0 Å². The second-order valence-electron chi connectivity index (χ2n) is 3.64. The second-order valence-corrected chi connectivity index (χ2v) is 4.36. The third-order valence-electron chi connectivity index (χ3n) is 2.55. The zero-order chi connectivity index (χ0) is 9.78. The van der Waals surface area contributed by atoms with Gasteiger partial charge in [-0.05, 0) is 30.4 Å². The van der Waals surface area contributed by atoms with Gasteiger partial charge in [0.05, 0.1) is 0 Å². The van der Waals surface area contributed by atoms with Crippen molar-refractivity contribution in [1.29, 1.82) is 0 Å². The molecule has 0 aliphatic heterocycles. The number of rotatable bonds is 5. The molecule has 0 N–H and O–H groups in total. The van der Waals surface area contributed by atoms with Crippen molar-refractivity contribution < 1.29 is 4.79 Å². The standard InChI is InChI=1S/C9H16Cl2O/c1-7(2)9(3,8(11)12)5-4-6-10/h7H,4-6H2,1-3H3. The van der Waals surface area contributed by atoms with Gasteiger partial charge in [-0.1, -0.05) is 20.8 Å². The van der Waals surface area contributed by atoms with Crippen LogP contribution < -0.4 is 0 Å². The van der Waals surface area contributed by atoms with Crippen LogP contribution in [0.5, 0.6) is 0 Å². The first-order valence-electron chi connectivity index (χ1n) is 4.21. The lowest BCUT2D eigenvalue weighted by atomic mass is 9.77. The predicted octanol–water partition coefficient (Wildman–Crippen LogP) is 3.43. The van der Waals surface area contributed by atoms with Crippen LogP contribution in [0.2, 0.25) is 0 Å². The van der Waals surface area contributed by atoms with Gasteiger partial charge in [-0.15, -0.1) is 11.6 Å². The zero-order valence-corrected chi connectivity index (χ0v) is 9.37. The summed E-state index contributed by atoms with van der Waals surface area (Å²) >= 11 is 11.1. The van der Waals surface area contributed by atoms with Crippen molar-refractivity contribution >= 4 is 28.4 Å². The van der Waals surface area contributed by atoms with Crippen LogP contribution in [-0.2, 0) is 4.79 Å². The quantitative estimate of drug-likeness (QED) is 0.503. The summed E-state index contributed by atoms with van der Waals surface area (Å²) in [4.78, 5) is 11.1. The molecule has 12 heavy (non-hydrogen) atoms. The predicted molar refractivity (Wildman–Crippen MR) is 53.8 cm³/mol. The fourth-order valence-electron chi connectivity index (χ4n) is 1.05. The molecule has 0 spiro atoms. The molecule has 0 amide bonds. The summed E-state index contributed by atoms with van der Waals surface area (Å²) in [6.45, 7) is 5.92. The summed E-state index contributed by atoms with van der Waals surface area (Å²) in [7, 11) is 0. The normalized spacial score (nSPS) is 16.2. The maximum Gasteiger partial charge on any atom is 0.227 e. The summed E-state index contributed by atoms with van der Waals surface area (Å²) in [5.41, 5.74) is -0.406. The maximum absolute atomic E-state index is 11.1. The van der Waals surface area contributed by atoms with Gasteiger partial charge in [0.2, 0.25) is 5.24 Å². The van der Waals surface area contributed by atoms with E-state index in [2.05, 4.69) is 0 Å². The summed E-state index contributed by atoms with van der Waals surface area (Å²) in [6.07, 6.45) is 1.62. The highest BCUT2D eigenvalue weighted by Crippen LogP contribution is 2.34. The third kappa shape index (κ3) is 2.95. The van der Waals surface area contributed by atoms with E-state index in [-0.39, 0.29) is 11.2 Å². The number of carbonyl (C=O) groups excluding carboxylic acids is 1. The van der Waals surface area contributed by atoms with Crippen LogP contribution in [-0.4, -0.2) is 11.1 Å². The summed E-state index contributed by atoms with van der Waals surface area (Å²) < 4.78 is 0. The first kappa shape index (κ1) is 12.2. The Morgan fingerprint density at radius 1 is 1.50 bits per heavy atom. The molecule has 1 unspecified atom stereocenters. The number of halogens is 2. The van der Waals surface area contributed by atoms with Crippen LogP contribution in [0.1, 0.15) is 33.6 Å². The van der Waals surface area contributed by atoms with Crippen molar-refractivity contribution in [3.8, 4) is 0 Å². The smallest absolute Gasteiger partial charge is 0.227 e. The van der Waals surface area contributed by atoms with E-state index in [1.165, 1.54) is 0 Å². The van der Waals surface area contributed by atoms with E-state index in [0.717, 1.165) is 12.8 Å². The molecule has 0 bridgehead atoms. The Bertz CT molecular complexity index is 157. The Balaban J connectivity index is 4.29. The molecule has 0 radical (unpaired) electrons. The maximum atomic E-state index is 11.1. The lowest BCUT2D eigenvalue weighted by Crippen LogP contribution is -2.30. The fourth-order valence-corrected chi connectivity index (χ4v) is 1.49. The van der Waals surface area contributed by atoms with Crippen molar-refractivity contribution in [1.82, 2.24) is 0 Å². The van der Waals surface area contributed by atoms with Crippen LogP contribution >= 0.6 is 23.2 Å². The molecule has 1 nitrogen and oxygen atoms in total. The van der Waals surface area contributed by atoms with Gasteiger partial charge in [0.25, 0.3) is 0 Å². The topological polar surface area (TPSA) is 17.1 Å². The largest absolute Gasteiger partial charge is 0.281 e.